The fraction of sp³-hybridized carbons (Fsp3) is 0.190. The number of benzene rings is 2. The fourth-order valence-corrected chi connectivity index (χ4v) is 2.41. The Morgan fingerprint density at radius 2 is 1.62 bits per heavy atom. The van der Waals surface area contributed by atoms with Crippen molar-refractivity contribution in [3.63, 3.8) is 0 Å². The van der Waals surface area contributed by atoms with Gasteiger partial charge in [0, 0.05) is 6.42 Å². The van der Waals surface area contributed by atoms with Crippen molar-refractivity contribution in [1.82, 2.24) is 0 Å². The summed E-state index contributed by atoms with van der Waals surface area (Å²) in [6.07, 6.45) is 7.16. The largest absolute Gasteiger partial charge is 0.486 e. The molecule has 3 rings (SSSR count). The topological polar surface area (TPSA) is 35.5 Å². The molecule has 0 saturated carbocycles. The first-order valence-corrected chi connectivity index (χ1v) is 8.01. The molecule has 0 aromatic heterocycles. The number of hydrogen-bond acceptors (Lipinski definition) is 3. The lowest BCUT2D eigenvalue weighted by molar-refractivity contribution is 0.0734. The maximum Gasteiger partial charge on any atom is 0.343 e. The van der Waals surface area contributed by atoms with Gasteiger partial charge in [0.1, 0.15) is 17.6 Å². The van der Waals surface area contributed by atoms with Gasteiger partial charge in [-0.25, -0.2) is 4.79 Å². The molecule has 0 N–H and O–H groups in total. The van der Waals surface area contributed by atoms with E-state index in [2.05, 4.69) is 25.2 Å². The van der Waals surface area contributed by atoms with Crippen molar-refractivity contribution < 1.29 is 14.3 Å². The van der Waals surface area contributed by atoms with Gasteiger partial charge in [0.2, 0.25) is 0 Å². The van der Waals surface area contributed by atoms with Crippen LogP contribution in [0.3, 0.4) is 0 Å². The molecule has 0 amide bonds. The summed E-state index contributed by atoms with van der Waals surface area (Å²) in [4.78, 5) is 12.2. The van der Waals surface area contributed by atoms with E-state index in [1.807, 2.05) is 19.1 Å². The summed E-state index contributed by atoms with van der Waals surface area (Å²) < 4.78 is 11.2. The second kappa shape index (κ2) is 7.18. The van der Waals surface area contributed by atoms with E-state index in [0.717, 1.165) is 17.7 Å². The molecule has 0 saturated heterocycles. The zero-order valence-corrected chi connectivity index (χ0v) is 13.9. The highest BCUT2D eigenvalue weighted by Crippen LogP contribution is 2.20. The van der Waals surface area contributed by atoms with Crippen molar-refractivity contribution in [3.8, 4) is 11.5 Å². The molecule has 3 nitrogen and oxygen atoms in total. The molecule has 2 aromatic carbocycles. The average Bonchev–Trinajstić information content (AvgIpc) is 2.59. The van der Waals surface area contributed by atoms with Crippen molar-refractivity contribution in [3.05, 3.63) is 83.5 Å². The van der Waals surface area contributed by atoms with Gasteiger partial charge in [0.25, 0.3) is 0 Å². The lowest BCUT2D eigenvalue weighted by Crippen LogP contribution is -2.14. The van der Waals surface area contributed by atoms with Crippen LogP contribution in [0.4, 0.5) is 0 Å². The minimum atomic E-state index is -0.374. The molecule has 0 bridgehead atoms. The van der Waals surface area contributed by atoms with Crippen molar-refractivity contribution in [2.45, 2.75) is 26.4 Å². The highest BCUT2D eigenvalue weighted by Gasteiger charge is 2.11. The van der Waals surface area contributed by atoms with Crippen LogP contribution in [0.25, 0.3) is 0 Å². The molecular formula is C21H20O3. The van der Waals surface area contributed by atoms with Gasteiger partial charge in [-0.2, -0.15) is 0 Å². The van der Waals surface area contributed by atoms with Crippen molar-refractivity contribution in [2.24, 2.45) is 0 Å². The highest BCUT2D eigenvalue weighted by molar-refractivity contribution is 5.91. The van der Waals surface area contributed by atoms with Gasteiger partial charge >= 0.3 is 5.97 Å². The summed E-state index contributed by atoms with van der Waals surface area (Å²) >= 11 is 0. The normalized spacial score (nSPS) is 16.4. The fourth-order valence-electron chi connectivity index (χ4n) is 2.41. The first-order chi connectivity index (χ1) is 11.6. The Morgan fingerprint density at radius 1 is 0.958 bits per heavy atom. The van der Waals surface area contributed by atoms with Crippen LogP contribution in [0.1, 0.15) is 29.3 Å². The Bertz CT molecular complexity index is 768. The standard InChI is InChI=1S/C21H20O3/c1-15-3-9-18(10-4-15)23-19-13-7-17(8-14-19)21(22)24-20-11-5-16(2)6-12-20/h3-9,11-14,18H,10H2,1-2H3. The number of allylic oxidation sites excluding steroid dienone is 2. The number of carbonyl (C=O) groups excluding carboxylic acids is 1. The van der Waals surface area contributed by atoms with Crippen molar-refractivity contribution >= 4 is 5.97 Å². The van der Waals surface area contributed by atoms with E-state index in [1.54, 1.807) is 36.4 Å². The molecule has 0 heterocycles. The van der Waals surface area contributed by atoms with Crippen molar-refractivity contribution in [1.29, 1.82) is 0 Å². The zero-order valence-electron chi connectivity index (χ0n) is 13.9. The van der Waals surface area contributed by atoms with E-state index in [9.17, 15) is 4.79 Å². The van der Waals surface area contributed by atoms with Gasteiger partial charge < -0.3 is 9.47 Å². The number of ether oxygens (including phenoxy) is 2. The van der Waals surface area contributed by atoms with Crippen LogP contribution in [0.5, 0.6) is 11.5 Å². The summed E-state index contributed by atoms with van der Waals surface area (Å²) in [5.74, 6) is 0.909. The molecule has 2 aromatic rings. The molecule has 1 aliphatic rings. The third-order valence-corrected chi connectivity index (χ3v) is 3.85. The lowest BCUT2D eigenvalue weighted by Gasteiger charge is -2.17. The van der Waals surface area contributed by atoms with Crippen LogP contribution < -0.4 is 9.47 Å². The first-order valence-electron chi connectivity index (χ1n) is 8.01. The second-order valence-corrected chi connectivity index (χ2v) is 5.93. The molecule has 3 heteroatoms. The maximum absolute atomic E-state index is 12.2. The SMILES string of the molecule is CC1=CCC(Oc2ccc(C(=O)Oc3ccc(C)cc3)cc2)C=C1. The monoisotopic (exact) mass is 320 g/mol. The molecule has 1 aliphatic carbocycles. The average molecular weight is 320 g/mol. The Kier molecular flexibility index (Phi) is 4.80. The Morgan fingerprint density at radius 3 is 2.25 bits per heavy atom. The van der Waals surface area contributed by atoms with Gasteiger partial charge in [-0.15, -0.1) is 0 Å². The molecule has 0 radical (unpaired) electrons. The van der Waals surface area contributed by atoms with Gasteiger partial charge in [-0.1, -0.05) is 35.4 Å². The van der Waals surface area contributed by atoms with Crippen LogP contribution >= 0.6 is 0 Å². The Balaban J connectivity index is 1.60. The Hall–Kier alpha value is -2.81. The number of carbonyl (C=O) groups is 1. The van der Waals surface area contributed by atoms with Crippen molar-refractivity contribution in [2.75, 3.05) is 0 Å². The molecule has 1 atom stereocenters. The first kappa shape index (κ1) is 16.1. The predicted molar refractivity (Wildman–Crippen MR) is 94.5 cm³/mol. The van der Waals surface area contributed by atoms with E-state index >= 15 is 0 Å². The zero-order chi connectivity index (χ0) is 16.9. The van der Waals surface area contributed by atoms with E-state index in [4.69, 9.17) is 9.47 Å². The summed E-state index contributed by atoms with van der Waals surface area (Å²) in [6, 6.07) is 14.4. The van der Waals surface area contributed by atoms with Gasteiger partial charge in [-0.05, 0) is 56.3 Å². The smallest absolute Gasteiger partial charge is 0.343 e. The molecule has 0 fully saturated rings. The minimum Gasteiger partial charge on any atom is -0.486 e. The summed E-state index contributed by atoms with van der Waals surface area (Å²) in [7, 11) is 0. The quantitative estimate of drug-likeness (QED) is 0.595. The molecule has 1 unspecified atom stereocenters. The van der Waals surface area contributed by atoms with E-state index in [-0.39, 0.29) is 12.1 Å². The van der Waals surface area contributed by atoms with Gasteiger partial charge in [0.05, 0.1) is 5.56 Å². The number of rotatable bonds is 4. The highest BCUT2D eigenvalue weighted by atomic mass is 16.5. The molecule has 0 aliphatic heterocycles. The summed E-state index contributed by atoms with van der Waals surface area (Å²) in [5, 5.41) is 0. The minimum absolute atomic E-state index is 0.0408. The van der Waals surface area contributed by atoms with E-state index in [0.29, 0.717) is 11.3 Å². The number of hydrogen-bond donors (Lipinski definition) is 0. The number of esters is 1. The van der Waals surface area contributed by atoms with Gasteiger partial charge in [0.15, 0.2) is 0 Å². The van der Waals surface area contributed by atoms with E-state index in [1.165, 1.54) is 5.57 Å². The van der Waals surface area contributed by atoms with Crippen LogP contribution in [0.2, 0.25) is 0 Å². The second-order valence-electron chi connectivity index (χ2n) is 5.93. The van der Waals surface area contributed by atoms with Crippen LogP contribution in [0, 0.1) is 6.92 Å². The number of aryl methyl sites for hydroxylation is 1. The van der Waals surface area contributed by atoms with E-state index < -0.39 is 0 Å². The molecule has 0 spiro atoms. The molecule has 24 heavy (non-hydrogen) atoms. The molecule has 122 valence electrons. The third-order valence-electron chi connectivity index (χ3n) is 3.85. The maximum atomic E-state index is 12.2. The van der Waals surface area contributed by atoms with Gasteiger partial charge in [-0.3, -0.25) is 0 Å². The third kappa shape index (κ3) is 4.13. The summed E-state index contributed by atoms with van der Waals surface area (Å²) in [6.45, 7) is 4.06. The van der Waals surface area contributed by atoms with Crippen LogP contribution in [-0.2, 0) is 0 Å². The van der Waals surface area contributed by atoms with Crippen LogP contribution in [-0.4, -0.2) is 12.1 Å². The Labute approximate surface area is 142 Å². The molecular weight excluding hydrogens is 300 g/mol. The lowest BCUT2D eigenvalue weighted by atomic mass is 10.1. The summed E-state index contributed by atoms with van der Waals surface area (Å²) in [5.41, 5.74) is 2.88. The predicted octanol–water partition coefficient (Wildman–Crippen LogP) is 4.87. The van der Waals surface area contributed by atoms with Crippen LogP contribution in [0.15, 0.2) is 72.3 Å².